The molecule has 0 bridgehead atoms. The van der Waals surface area contributed by atoms with Crippen LogP contribution in [0, 0.1) is 0 Å². The highest BCUT2D eigenvalue weighted by molar-refractivity contribution is 6.31. The van der Waals surface area contributed by atoms with E-state index < -0.39 is 0 Å². The van der Waals surface area contributed by atoms with Gasteiger partial charge in [0.1, 0.15) is 0 Å². The van der Waals surface area contributed by atoms with E-state index in [0.717, 1.165) is 18.1 Å². The molecular weight excluding hydrogens is 160 g/mol. The molecule has 0 amide bonds. The number of fused-ring (bicyclic) bond motifs is 1. The van der Waals surface area contributed by atoms with Crippen molar-refractivity contribution in [2.24, 2.45) is 0 Å². The molecule has 2 rings (SSSR count). The number of halogens is 1. The molecule has 2 heteroatoms. The molecule has 0 saturated heterocycles. The van der Waals surface area contributed by atoms with Crippen molar-refractivity contribution in [3.05, 3.63) is 34.3 Å². The molecule has 0 aromatic heterocycles. The maximum absolute atomic E-state index is 5.96. The van der Waals surface area contributed by atoms with Gasteiger partial charge in [-0.1, -0.05) is 23.7 Å². The molecule has 0 aliphatic carbocycles. The van der Waals surface area contributed by atoms with Gasteiger partial charge in [-0.3, -0.25) is 0 Å². The van der Waals surface area contributed by atoms with Gasteiger partial charge in [0.15, 0.2) is 0 Å². The molecule has 1 aliphatic heterocycles. The molecule has 0 radical (unpaired) electrons. The van der Waals surface area contributed by atoms with Gasteiger partial charge in [0.25, 0.3) is 0 Å². The molecule has 0 spiro atoms. The maximum atomic E-state index is 5.96. The van der Waals surface area contributed by atoms with Gasteiger partial charge in [-0.15, -0.1) is 0 Å². The van der Waals surface area contributed by atoms with Crippen LogP contribution in [0.2, 0.25) is 5.02 Å². The third-order valence-electron chi connectivity index (χ3n) is 1.98. The fraction of sp³-hybridized carbons (Fsp3) is 0.333. The molecular formula is C9H9ClO. The Balaban J connectivity index is 2.49. The summed E-state index contributed by atoms with van der Waals surface area (Å²) >= 11 is 5.96. The van der Waals surface area contributed by atoms with Crippen LogP contribution in [0.4, 0.5) is 0 Å². The van der Waals surface area contributed by atoms with Crippen molar-refractivity contribution in [1.82, 2.24) is 0 Å². The number of rotatable bonds is 0. The summed E-state index contributed by atoms with van der Waals surface area (Å²) in [6, 6.07) is 6.02. The molecule has 0 N–H and O–H groups in total. The highest BCUT2D eigenvalue weighted by atomic mass is 35.5. The van der Waals surface area contributed by atoms with Crippen LogP contribution in [-0.4, -0.2) is 6.61 Å². The van der Waals surface area contributed by atoms with E-state index >= 15 is 0 Å². The molecule has 11 heavy (non-hydrogen) atoms. The zero-order chi connectivity index (χ0) is 7.68. The maximum Gasteiger partial charge on any atom is 0.0734 e. The van der Waals surface area contributed by atoms with Crippen molar-refractivity contribution in [3.8, 4) is 0 Å². The quantitative estimate of drug-likeness (QED) is 0.578. The average Bonchev–Trinajstić information content (AvgIpc) is 2.06. The average molecular weight is 169 g/mol. The van der Waals surface area contributed by atoms with Crippen LogP contribution in [0.5, 0.6) is 0 Å². The third kappa shape index (κ3) is 1.26. The van der Waals surface area contributed by atoms with Gasteiger partial charge in [-0.05, 0) is 23.6 Å². The lowest BCUT2D eigenvalue weighted by Crippen LogP contribution is -2.09. The van der Waals surface area contributed by atoms with Gasteiger partial charge in [-0.25, -0.2) is 0 Å². The Kier molecular flexibility index (Phi) is 1.84. The lowest BCUT2D eigenvalue weighted by molar-refractivity contribution is 0.111. The summed E-state index contributed by atoms with van der Waals surface area (Å²) in [5.74, 6) is 0. The van der Waals surface area contributed by atoms with Crippen molar-refractivity contribution < 1.29 is 4.74 Å². The first-order chi connectivity index (χ1) is 5.38. The van der Waals surface area contributed by atoms with Crippen molar-refractivity contribution in [1.29, 1.82) is 0 Å². The zero-order valence-corrected chi connectivity index (χ0v) is 6.90. The lowest BCUT2D eigenvalue weighted by Gasteiger charge is -2.16. The van der Waals surface area contributed by atoms with Crippen molar-refractivity contribution in [2.45, 2.75) is 13.0 Å². The molecule has 0 saturated carbocycles. The second kappa shape index (κ2) is 2.84. The highest BCUT2D eigenvalue weighted by Crippen LogP contribution is 2.24. The molecule has 58 valence electrons. The van der Waals surface area contributed by atoms with Crippen molar-refractivity contribution in [2.75, 3.05) is 6.61 Å². The zero-order valence-electron chi connectivity index (χ0n) is 6.14. The largest absolute Gasteiger partial charge is 0.376 e. The summed E-state index contributed by atoms with van der Waals surface area (Å²) in [7, 11) is 0. The lowest BCUT2D eigenvalue weighted by atomic mass is 10.0. The Morgan fingerprint density at radius 1 is 1.36 bits per heavy atom. The minimum absolute atomic E-state index is 0.676. The van der Waals surface area contributed by atoms with Gasteiger partial charge in [0.05, 0.1) is 13.2 Å². The highest BCUT2D eigenvalue weighted by Gasteiger charge is 2.10. The van der Waals surface area contributed by atoms with E-state index in [1.54, 1.807) is 0 Å². The van der Waals surface area contributed by atoms with Crippen LogP contribution in [-0.2, 0) is 17.8 Å². The smallest absolute Gasteiger partial charge is 0.0734 e. The van der Waals surface area contributed by atoms with Gasteiger partial charge >= 0.3 is 0 Å². The Morgan fingerprint density at radius 2 is 2.27 bits per heavy atom. The van der Waals surface area contributed by atoms with E-state index in [1.807, 2.05) is 12.1 Å². The van der Waals surface area contributed by atoms with Gasteiger partial charge in [0.2, 0.25) is 0 Å². The van der Waals surface area contributed by atoms with E-state index in [4.69, 9.17) is 16.3 Å². The van der Waals surface area contributed by atoms with E-state index in [-0.39, 0.29) is 0 Å². The first-order valence-electron chi connectivity index (χ1n) is 3.72. The third-order valence-corrected chi connectivity index (χ3v) is 2.33. The van der Waals surface area contributed by atoms with E-state index in [2.05, 4.69) is 6.07 Å². The predicted molar refractivity (Wildman–Crippen MR) is 44.8 cm³/mol. The molecule has 1 nitrogen and oxygen atoms in total. The molecule has 0 atom stereocenters. The van der Waals surface area contributed by atoms with Gasteiger partial charge < -0.3 is 4.74 Å². The van der Waals surface area contributed by atoms with Gasteiger partial charge in [-0.2, -0.15) is 0 Å². The summed E-state index contributed by atoms with van der Waals surface area (Å²) in [5.41, 5.74) is 2.50. The van der Waals surface area contributed by atoms with E-state index in [9.17, 15) is 0 Å². The molecule has 1 aromatic carbocycles. The Bertz CT molecular complexity index is 270. The second-order valence-corrected chi connectivity index (χ2v) is 3.09. The summed E-state index contributed by atoms with van der Waals surface area (Å²) in [5, 5.41) is 0.835. The summed E-state index contributed by atoms with van der Waals surface area (Å²) < 4.78 is 5.29. The van der Waals surface area contributed by atoms with Crippen LogP contribution in [0.1, 0.15) is 11.1 Å². The van der Waals surface area contributed by atoms with Crippen LogP contribution < -0.4 is 0 Å². The minimum atomic E-state index is 0.676. The van der Waals surface area contributed by atoms with Crippen LogP contribution in [0.25, 0.3) is 0 Å². The number of hydrogen-bond acceptors (Lipinski definition) is 1. The first kappa shape index (κ1) is 7.14. The normalized spacial score (nSPS) is 16.1. The molecule has 1 aliphatic rings. The van der Waals surface area contributed by atoms with Gasteiger partial charge in [0, 0.05) is 5.02 Å². The Hall–Kier alpha value is -0.530. The standard InChI is InChI=1S/C9H9ClO/c10-9-3-1-2-7-4-5-11-6-8(7)9/h1-3H,4-6H2. The summed E-state index contributed by atoms with van der Waals surface area (Å²) in [4.78, 5) is 0. The monoisotopic (exact) mass is 168 g/mol. The fourth-order valence-corrected chi connectivity index (χ4v) is 1.60. The fourth-order valence-electron chi connectivity index (χ4n) is 1.36. The Labute approximate surface area is 70.9 Å². The second-order valence-electron chi connectivity index (χ2n) is 2.68. The first-order valence-corrected chi connectivity index (χ1v) is 4.10. The molecule has 1 aromatic rings. The minimum Gasteiger partial charge on any atom is -0.376 e. The Morgan fingerprint density at radius 3 is 3.09 bits per heavy atom. The summed E-state index contributed by atoms with van der Waals surface area (Å²) in [6.45, 7) is 1.50. The molecule has 1 heterocycles. The van der Waals surface area contributed by atoms with Crippen LogP contribution in [0.15, 0.2) is 18.2 Å². The summed E-state index contributed by atoms with van der Waals surface area (Å²) in [6.07, 6.45) is 0.996. The van der Waals surface area contributed by atoms with Crippen molar-refractivity contribution in [3.63, 3.8) is 0 Å². The molecule has 0 unspecified atom stereocenters. The van der Waals surface area contributed by atoms with Crippen LogP contribution >= 0.6 is 11.6 Å². The topological polar surface area (TPSA) is 9.23 Å². The number of benzene rings is 1. The van der Waals surface area contributed by atoms with Crippen LogP contribution in [0.3, 0.4) is 0 Å². The number of ether oxygens (including phenoxy) is 1. The van der Waals surface area contributed by atoms with E-state index in [0.29, 0.717) is 6.61 Å². The molecule has 0 fully saturated rings. The predicted octanol–water partition coefficient (Wildman–Crippen LogP) is 2.41. The van der Waals surface area contributed by atoms with Crippen molar-refractivity contribution >= 4 is 11.6 Å². The van der Waals surface area contributed by atoms with E-state index in [1.165, 1.54) is 11.1 Å². The SMILES string of the molecule is Clc1cccc2c1COCC2. The number of hydrogen-bond donors (Lipinski definition) is 0.